The number of nitrogens with zero attached hydrogens (tertiary/aromatic N) is 2. The third-order valence-electron chi connectivity index (χ3n) is 1.26. The van der Waals surface area contributed by atoms with Crippen LogP contribution < -0.4 is 4.74 Å². The predicted octanol–water partition coefficient (Wildman–Crippen LogP) is 1.33. The molecule has 0 amide bonds. The third kappa shape index (κ3) is 1.66. The van der Waals surface area contributed by atoms with Gasteiger partial charge >= 0.3 is 6.61 Å². The van der Waals surface area contributed by atoms with E-state index in [0.717, 1.165) is 0 Å². The molecule has 0 aromatic carbocycles. The van der Waals surface area contributed by atoms with Crippen molar-refractivity contribution in [2.45, 2.75) is 13.5 Å². The SMILES string of the molecule is Cc1cnn(C)c1OC(F)F. The Morgan fingerprint density at radius 1 is 1.64 bits per heavy atom. The molecule has 0 atom stereocenters. The fourth-order valence-electron chi connectivity index (χ4n) is 0.790. The Hall–Kier alpha value is -1.13. The summed E-state index contributed by atoms with van der Waals surface area (Å²) in [4.78, 5) is 0. The topological polar surface area (TPSA) is 27.1 Å². The fourth-order valence-corrected chi connectivity index (χ4v) is 0.790. The highest BCUT2D eigenvalue weighted by atomic mass is 19.3. The molecule has 0 spiro atoms. The monoisotopic (exact) mass is 162 g/mol. The van der Waals surface area contributed by atoms with Crippen LogP contribution in [0.5, 0.6) is 5.88 Å². The maximum Gasteiger partial charge on any atom is 0.388 e. The fraction of sp³-hybridized carbons (Fsp3) is 0.500. The van der Waals surface area contributed by atoms with E-state index < -0.39 is 6.61 Å². The molecule has 1 aromatic heterocycles. The second kappa shape index (κ2) is 2.86. The lowest BCUT2D eigenvalue weighted by molar-refractivity contribution is -0.0557. The van der Waals surface area contributed by atoms with Crippen molar-refractivity contribution in [3.05, 3.63) is 11.8 Å². The lowest BCUT2D eigenvalue weighted by Gasteiger charge is -2.04. The molecule has 0 N–H and O–H groups in total. The Morgan fingerprint density at radius 2 is 2.27 bits per heavy atom. The zero-order chi connectivity index (χ0) is 8.43. The molecule has 0 saturated carbocycles. The largest absolute Gasteiger partial charge is 0.417 e. The molecule has 1 rings (SSSR count). The predicted molar refractivity (Wildman–Crippen MR) is 34.6 cm³/mol. The minimum absolute atomic E-state index is 0.111. The molecule has 0 aliphatic carbocycles. The maximum absolute atomic E-state index is 11.7. The number of alkyl halides is 2. The van der Waals surface area contributed by atoms with Gasteiger partial charge in [-0.1, -0.05) is 0 Å². The molecule has 0 aliphatic rings. The number of aromatic nitrogens is 2. The molecule has 0 fully saturated rings. The van der Waals surface area contributed by atoms with Gasteiger partial charge < -0.3 is 4.74 Å². The van der Waals surface area contributed by atoms with Crippen molar-refractivity contribution in [3.8, 4) is 5.88 Å². The van der Waals surface area contributed by atoms with Crippen molar-refractivity contribution in [1.82, 2.24) is 9.78 Å². The first-order valence-electron chi connectivity index (χ1n) is 3.04. The summed E-state index contributed by atoms with van der Waals surface area (Å²) in [5.41, 5.74) is 0.604. The minimum atomic E-state index is -2.79. The lowest BCUT2D eigenvalue weighted by atomic mass is 10.4. The van der Waals surface area contributed by atoms with Crippen molar-refractivity contribution >= 4 is 0 Å². The van der Waals surface area contributed by atoms with Crippen LogP contribution >= 0.6 is 0 Å². The summed E-state index contributed by atoms with van der Waals surface area (Å²) in [5, 5.41) is 3.73. The average Bonchev–Trinajstić information content (AvgIpc) is 2.18. The van der Waals surface area contributed by atoms with E-state index in [1.165, 1.54) is 10.9 Å². The van der Waals surface area contributed by atoms with Gasteiger partial charge in [0.15, 0.2) is 0 Å². The normalized spacial score (nSPS) is 10.6. The molecule has 1 heterocycles. The van der Waals surface area contributed by atoms with Crippen LogP contribution in [0.2, 0.25) is 0 Å². The Kier molecular flexibility index (Phi) is 2.07. The van der Waals surface area contributed by atoms with Gasteiger partial charge in [-0.15, -0.1) is 0 Å². The first kappa shape index (κ1) is 7.97. The summed E-state index contributed by atoms with van der Waals surface area (Å²) in [7, 11) is 1.55. The van der Waals surface area contributed by atoms with Crippen molar-refractivity contribution < 1.29 is 13.5 Å². The number of ether oxygens (including phenoxy) is 1. The number of hydrogen-bond donors (Lipinski definition) is 0. The van der Waals surface area contributed by atoms with E-state index >= 15 is 0 Å². The van der Waals surface area contributed by atoms with Gasteiger partial charge in [0.25, 0.3) is 0 Å². The molecule has 5 heteroatoms. The standard InChI is InChI=1S/C6H8F2N2O/c1-4-3-9-10(2)5(4)11-6(7)8/h3,6H,1-2H3. The molecular weight excluding hydrogens is 154 g/mol. The van der Waals surface area contributed by atoms with Gasteiger partial charge in [-0.25, -0.2) is 4.68 Å². The zero-order valence-corrected chi connectivity index (χ0v) is 6.21. The van der Waals surface area contributed by atoms with Gasteiger partial charge in [0.05, 0.1) is 6.20 Å². The molecule has 62 valence electrons. The van der Waals surface area contributed by atoms with E-state index in [2.05, 4.69) is 9.84 Å². The first-order valence-corrected chi connectivity index (χ1v) is 3.04. The minimum Gasteiger partial charge on any atom is -0.417 e. The maximum atomic E-state index is 11.7. The molecule has 0 saturated heterocycles. The van der Waals surface area contributed by atoms with Crippen molar-refractivity contribution in [2.24, 2.45) is 7.05 Å². The number of rotatable bonds is 2. The Bertz CT molecular complexity index is 227. The molecule has 3 nitrogen and oxygen atoms in total. The van der Waals surface area contributed by atoms with Crippen molar-refractivity contribution in [2.75, 3.05) is 0 Å². The molecule has 0 aliphatic heterocycles. The van der Waals surface area contributed by atoms with Crippen LogP contribution in [0.1, 0.15) is 5.56 Å². The zero-order valence-electron chi connectivity index (χ0n) is 6.21. The van der Waals surface area contributed by atoms with Gasteiger partial charge in [0, 0.05) is 12.6 Å². The summed E-state index contributed by atoms with van der Waals surface area (Å²) in [6.45, 7) is -1.13. The molecule has 0 unspecified atom stereocenters. The van der Waals surface area contributed by atoms with Crippen LogP contribution in [0, 0.1) is 6.92 Å². The highest BCUT2D eigenvalue weighted by molar-refractivity contribution is 5.21. The Labute approximate surface area is 62.6 Å². The van der Waals surface area contributed by atoms with Crippen molar-refractivity contribution in [3.63, 3.8) is 0 Å². The molecule has 1 aromatic rings. The highest BCUT2D eigenvalue weighted by Crippen LogP contribution is 2.17. The highest BCUT2D eigenvalue weighted by Gasteiger charge is 2.10. The van der Waals surface area contributed by atoms with E-state index in [0.29, 0.717) is 5.56 Å². The van der Waals surface area contributed by atoms with Gasteiger partial charge in [0.1, 0.15) is 0 Å². The third-order valence-corrected chi connectivity index (χ3v) is 1.26. The van der Waals surface area contributed by atoms with Gasteiger partial charge in [-0.05, 0) is 6.92 Å². The second-order valence-corrected chi connectivity index (χ2v) is 2.13. The van der Waals surface area contributed by atoms with E-state index in [-0.39, 0.29) is 5.88 Å². The van der Waals surface area contributed by atoms with Crippen LogP contribution in [0.25, 0.3) is 0 Å². The molecule has 0 radical (unpaired) electrons. The molecule has 0 bridgehead atoms. The van der Waals surface area contributed by atoms with Crippen LogP contribution in [0.4, 0.5) is 8.78 Å². The molecular formula is C6H8F2N2O. The van der Waals surface area contributed by atoms with Crippen LogP contribution in [0.15, 0.2) is 6.20 Å². The van der Waals surface area contributed by atoms with Crippen LogP contribution in [-0.4, -0.2) is 16.4 Å². The van der Waals surface area contributed by atoms with Gasteiger partial charge in [-0.2, -0.15) is 13.9 Å². The number of hydrogen-bond acceptors (Lipinski definition) is 2. The van der Waals surface area contributed by atoms with E-state index in [9.17, 15) is 8.78 Å². The van der Waals surface area contributed by atoms with E-state index in [4.69, 9.17) is 0 Å². The number of halogens is 2. The smallest absolute Gasteiger partial charge is 0.388 e. The summed E-state index contributed by atoms with van der Waals surface area (Å²) >= 11 is 0. The van der Waals surface area contributed by atoms with Crippen LogP contribution in [0.3, 0.4) is 0 Å². The number of aryl methyl sites for hydroxylation is 2. The summed E-state index contributed by atoms with van der Waals surface area (Å²) < 4.78 is 28.8. The average molecular weight is 162 g/mol. The quantitative estimate of drug-likeness (QED) is 0.655. The van der Waals surface area contributed by atoms with Crippen LogP contribution in [-0.2, 0) is 7.05 Å². The summed E-state index contributed by atoms with van der Waals surface area (Å²) in [6, 6.07) is 0. The van der Waals surface area contributed by atoms with Gasteiger partial charge in [-0.3, -0.25) is 0 Å². The first-order chi connectivity index (χ1) is 5.11. The summed E-state index contributed by atoms with van der Waals surface area (Å²) in [6.07, 6.45) is 1.47. The van der Waals surface area contributed by atoms with E-state index in [1.807, 2.05) is 0 Å². The van der Waals surface area contributed by atoms with Crippen molar-refractivity contribution in [1.29, 1.82) is 0 Å². The Balaban J connectivity index is 2.83. The van der Waals surface area contributed by atoms with Gasteiger partial charge in [0.2, 0.25) is 5.88 Å². The Morgan fingerprint density at radius 3 is 2.64 bits per heavy atom. The molecule has 11 heavy (non-hydrogen) atoms. The summed E-state index contributed by atoms with van der Waals surface area (Å²) in [5.74, 6) is 0.111. The van der Waals surface area contributed by atoms with E-state index in [1.54, 1.807) is 14.0 Å². The lowest BCUT2D eigenvalue weighted by Crippen LogP contribution is -2.06. The second-order valence-electron chi connectivity index (χ2n) is 2.13.